The Bertz CT molecular complexity index is 930. The standard InChI is InChI=1S/C22H23N3O2/c1-15(26)16-5-7-17(8-6-16)18-9-10-20(25-11-18)22(27,21(2,3)4)19-12-23-14-24-13-19/h5-14,27H,1-4H3. The van der Waals surface area contributed by atoms with Crippen LogP contribution in [0.5, 0.6) is 0 Å². The van der Waals surface area contributed by atoms with Gasteiger partial charge in [-0.1, -0.05) is 51.1 Å². The molecule has 0 aliphatic heterocycles. The second-order valence-corrected chi connectivity index (χ2v) is 7.65. The Morgan fingerprint density at radius 3 is 1.96 bits per heavy atom. The van der Waals surface area contributed by atoms with E-state index >= 15 is 0 Å². The molecule has 27 heavy (non-hydrogen) atoms. The van der Waals surface area contributed by atoms with Crippen LogP contribution in [-0.4, -0.2) is 25.8 Å². The van der Waals surface area contributed by atoms with Gasteiger partial charge in [-0.15, -0.1) is 0 Å². The number of rotatable bonds is 4. The molecular weight excluding hydrogens is 338 g/mol. The monoisotopic (exact) mass is 361 g/mol. The van der Waals surface area contributed by atoms with Crippen molar-refractivity contribution in [2.24, 2.45) is 5.41 Å². The lowest BCUT2D eigenvalue weighted by Gasteiger charge is -2.39. The van der Waals surface area contributed by atoms with Crippen molar-refractivity contribution in [2.45, 2.75) is 33.3 Å². The highest BCUT2D eigenvalue weighted by molar-refractivity contribution is 5.94. The second kappa shape index (κ2) is 7.00. The number of ketones is 1. The maximum absolute atomic E-state index is 11.6. The first-order valence-electron chi connectivity index (χ1n) is 8.79. The highest BCUT2D eigenvalue weighted by atomic mass is 16.3. The number of aliphatic hydroxyl groups is 1. The predicted octanol–water partition coefficient (Wildman–Crippen LogP) is 4.02. The Balaban J connectivity index is 2.01. The molecule has 0 aliphatic rings. The van der Waals surface area contributed by atoms with Gasteiger partial charge in [0.05, 0.1) is 5.69 Å². The molecule has 0 spiro atoms. The summed E-state index contributed by atoms with van der Waals surface area (Å²) in [6, 6.07) is 11.2. The van der Waals surface area contributed by atoms with E-state index in [1.165, 1.54) is 6.33 Å². The summed E-state index contributed by atoms with van der Waals surface area (Å²) in [5, 5.41) is 11.6. The average Bonchev–Trinajstić information content (AvgIpc) is 2.67. The lowest BCUT2D eigenvalue weighted by Crippen LogP contribution is -2.42. The summed E-state index contributed by atoms with van der Waals surface area (Å²) in [6.45, 7) is 7.41. The van der Waals surface area contributed by atoms with Crippen LogP contribution < -0.4 is 0 Å². The van der Waals surface area contributed by atoms with Gasteiger partial charge in [0.2, 0.25) is 0 Å². The number of aromatic nitrogens is 3. The highest BCUT2D eigenvalue weighted by Gasteiger charge is 2.45. The van der Waals surface area contributed by atoms with E-state index in [0.717, 1.165) is 11.1 Å². The fourth-order valence-electron chi connectivity index (χ4n) is 3.13. The first-order valence-corrected chi connectivity index (χ1v) is 8.79. The van der Waals surface area contributed by atoms with Crippen LogP contribution in [0.4, 0.5) is 0 Å². The van der Waals surface area contributed by atoms with Gasteiger partial charge >= 0.3 is 0 Å². The lowest BCUT2D eigenvalue weighted by molar-refractivity contribution is -0.0301. The van der Waals surface area contributed by atoms with Gasteiger partial charge in [0.1, 0.15) is 11.9 Å². The van der Waals surface area contributed by atoms with Gasteiger partial charge in [-0.05, 0) is 18.6 Å². The summed E-state index contributed by atoms with van der Waals surface area (Å²) in [5.41, 5.74) is 1.84. The molecule has 0 aliphatic carbocycles. The summed E-state index contributed by atoms with van der Waals surface area (Å²) in [5.74, 6) is 0.0374. The molecule has 3 aromatic rings. The van der Waals surface area contributed by atoms with Crippen molar-refractivity contribution in [3.8, 4) is 11.1 Å². The third-order valence-electron chi connectivity index (χ3n) is 4.82. The molecule has 0 radical (unpaired) electrons. The van der Waals surface area contributed by atoms with Crippen LogP contribution in [0.1, 0.15) is 49.3 Å². The Morgan fingerprint density at radius 1 is 0.889 bits per heavy atom. The minimum absolute atomic E-state index is 0.0374. The fourth-order valence-corrected chi connectivity index (χ4v) is 3.13. The number of carbonyl (C=O) groups excluding carboxylic acids is 1. The Hall–Kier alpha value is -2.92. The van der Waals surface area contributed by atoms with Crippen LogP contribution in [0.2, 0.25) is 0 Å². The van der Waals surface area contributed by atoms with Crippen molar-refractivity contribution >= 4 is 5.78 Å². The lowest BCUT2D eigenvalue weighted by atomic mass is 9.70. The molecule has 2 aromatic heterocycles. The third-order valence-corrected chi connectivity index (χ3v) is 4.82. The summed E-state index contributed by atoms with van der Waals surface area (Å²) in [4.78, 5) is 24.1. The van der Waals surface area contributed by atoms with E-state index in [9.17, 15) is 9.90 Å². The van der Waals surface area contributed by atoms with Crippen molar-refractivity contribution in [1.82, 2.24) is 15.0 Å². The third kappa shape index (κ3) is 3.51. The zero-order valence-electron chi connectivity index (χ0n) is 16.0. The van der Waals surface area contributed by atoms with Gasteiger partial charge in [-0.25, -0.2) is 9.97 Å². The van der Waals surface area contributed by atoms with Crippen LogP contribution >= 0.6 is 0 Å². The van der Waals surface area contributed by atoms with Gasteiger partial charge in [0, 0.05) is 40.7 Å². The number of hydrogen-bond donors (Lipinski definition) is 1. The zero-order chi connectivity index (χ0) is 19.7. The number of Topliss-reactive ketones (excluding diaryl/α,β-unsaturated/α-hetero) is 1. The number of benzene rings is 1. The highest BCUT2D eigenvalue weighted by Crippen LogP contribution is 2.43. The molecule has 0 saturated carbocycles. The minimum Gasteiger partial charge on any atom is -0.378 e. The van der Waals surface area contributed by atoms with Crippen molar-refractivity contribution in [2.75, 3.05) is 0 Å². The topological polar surface area (TPSA) is 76.0 Å². The van der Waals surface area contributed by atoms with E-state index < -0.39 is 11.0 Å². The number of pyridine rings is 1. The van der Waals surface area contributed by atoms with Gasteiger partial charge in [-0.2, -0.15) is 0 Å². The van der Waals surface area contributed by atoms with Crippen LogP contribution in [-0.2, 0) is 5.60 Å². The Kier molecular flexibility index (Phi) is 4.89. The quantitative estimate of drug-likeness (QED) is 0.710. The molecule has 0 fully saturated rings. The number of carbonyl (C=O) groups is 1. The van der Waals surface area contributed by atoms with E-state index in [1.807, 2.05) is 45.0 Å². The molecule has 3 rings (SSSR count). The van der Waals surface area contributed by atoms with E-state index in [1.54, 1.807) is 37.6 Å². The molecule has 2 heterocycles. The summed E-state index contributed by atoms with van der Waals surface area (Å²) in [6.07, 6.45) is 6.41. The van der Waals surface area contributed by atoms with Crippen molar-refractivity contribution in [3.05, 3.63) is 78.1 Å². The SMILES string of the molecule is CC(=O)c1ccc(-c2ccc(C(O)(c3cncnc3)C(C)(C)C)nc2)cc1. The Morgan fingerprint density at radius 2 is 1.48 bits per heavy atom. The van der Waals surface area contributed by atoms with Crippen molar-refractivity contribution < 1.29 is 9.90 Å². The molecule has 5 nitrogen and oxygen atoms in total. The number of hydrogen-bond acceptors (Lipinski definition) is 5. The number of nitrogens with zero attached hydrogens (tertiary/aromatic N) is 3. The van der Waals surface area contributed by atoms with Crippen LogP contribution in [0, 0.1) is 5.41 Å². The fraction of sp³-hybridized carbons (Fsp3) is 0.273. The maximum Gasteiger partial charge on any atom is 0.159 e. The predicted molar refractivity (Wildman–Crippen MR) is 104 cm³/mol. The van der Waals surface area contributed by atoms with Crippen LogP contribution in [0.3, 0.4) is 0 Å². The van der Waals surface area contributed by atoms with Gasteiger partial charge in [0.25, 0.3) is 0 Å². The molecule has 1 unspecified atom stereocenters. The first kappa shape index (κ1) is 18.9. The molecule has 5 heteroatoms. The van der Waals surface area contributed by atoms with Gasteiger partial charge < -0.3 is 5.11 Å². The molecular formula is C22H23N3O2. The van der Waals surface area contributed by atoms with Crippen molar-refractivity contribution in [1.29, 1.82) is 0 Å². The molecule has 1 atom stereocenters. The summed E-state index contributed by atoms with van der Waals surface area (Å²) >= 11 is 0. The van der Waals surface area contributed by atoms with E-state index in [2.05, 4.69) is 15.0 Å². The van der Waals surface area contributed by atoms with Gasteiger partial charge in [-0.3, -0.25) is 9.78 Å². The van der Waals surface area contributed by atoms with E-state index in [4.69, 9.17) is 0 Å². The smallest absolute Gasteiger partial charge is 0.159 e. The van der Waals surface area contributed by atoms with Gasteiger partial charge in [0.15, 0.2) is 5.78 Å². The molecule has 1 N–H and O–H groups in total. The van der Waals surface area contributed by atoms with E-state index in [0.29, 0.717) is 16.8 Å². The summed E-state index contributed by atoms with van der Waals surface area (Å²) < 4.78 is 0. The molecule has 1 aromatic carbocycles. The van der Waals surface area contributed by atoms with E-state index in [-0.39, 0.29) is 5.78 Å². The van der Waals surface area contributed by atoms with Crippen molar-refractivity contribution in [3.63, 3.8) is 0 Å². The van der Waals surface area contributed by atoms with Crippen LogP contribution in [0.15, 0.2) is 61.3 Å². The van der Waals surface area contributed by atoms with Crippen LogP contribution in [0.25, 0.3) is 11.1 Å². The first-order chi connectivity index (χ1) is 12.7. The summed E-state index contributed by atoms with van der Waals surface area (Å²) in [7, 11) is 0. The Labute approximate surface area is 159 Å². The zero-order valence-corrected chi connectivity index (χ0v) is 16.0. The molecule has 0 saturated heterocycles. The largest absolute Gasteiger partial charge is 0.378 e. The minimum atomic E-state index is -1.33. The molecule has 138 valence electrons. The molecule has 0 amide bonds. The average molecular weight is 361 g/mol. The normalized spacial score (nSPS) is 13.8. The maximum atomic E-state index is 11.6. The molecule has 0 bridgehead atoms. The second-order valence-electron chi connectivity index (χ2n) is 7.65.